The van der Waals surface area contributed by atoms with Crippen LogP contribution in [0.25, 0.3) is 11.3 Å². The molecule has 2 saturated heterocycles. The Hall–Kier alpha value is -4.96. The molecule has 4 atom stereocenters. The number of fused-ring (bicyclic) bond motifs is 2. The van der Waals surface area contributed by atoms with Crippen LogP contribution in [-0.4, -0.2) is 104 Å². The van der Waals surface area contributed by atoms with Crippen molar-refractivity contribution in [2.45, 2.75) is 83.0 Å². The molecule has 2 aliphatic rings. The van der Waals surface area contributed by atoms with Crippen LogP contribution in [0.2, 0.25) is 10.0 Å². The lowest BCUT2D eigenvalue weighted by molar-refractivity contribution is -0.150. The number of aliphatic hydroxyl groups is 1. The molecule has 6 rings (SSSR count). The normalized spacial score (nSPS) is 21.7. The Balaban J connectivity index is 1.34. The van der Waals surface area contributed by atoms with Crippen molar-refractivity contribution < 1.29 is 42.2 Å². The van der Waals surface area contributed by atoms with Gasteiger partial charge >= 0.3 is 0 Å². The van der Waals surface area contributed by atoms with Crippen LogP contribution < -0.4 is 10.1 Å². The molecule has 338 valence electrons. The van der Waals surface area contributed by atoms with E-state index in [2.05, 4.69) is 10.3 Å². The number of rotatable bonds is 12. The van der Waals surface area contributed by atoms with E-state index in [9.17, 15) is 33.1 Å². The van der Waals surface area contributed by atoms with Gasteiger partial charge in [-0.05, 0) is 101 Å². The van der Waals surface area contributed by atoms with E-state index in [-0.39, 0.29) is 41.6 Å². The Morgan fingerprint density at radius 1 is 1.00 bits per heavy atom. The first kappa shape index (κ1) is 47.5. The summed E-state index contributed by atoms with van der Waals surface area (Å²) in [6.07, 6.45) is 0.561. The summed E-state index contributed by atoms with van der Waals surface area (Å²) in [5, 5.41) is 14.0. The highest BCUT2D eigenvalue weighted by atomic mass is 35.5. The second-order valence-electron chi connectivity index (χ2n) is 17.2. The first-order valence-electron chi connectivity index (χ1n) is 20.8. The number of nitrogens with one attached hydrogen (secondary N) is 1. The number of aromatic nitrogens is 2. The number of ketones is 1. The number of piperidine rings is 1. The first-order chi connectivity index (χ1) is 29.7. The molecule has 17 heteroatoms. The zero-order chi connectivity index (χ0) is 45.8. The number of benzene rings is 3. The predicted octanol–water partition coefficient (Wildman–Crippen LogP) is 7.46. The Kier molecular flexibility index (Phi) is 15.0. The van der Waals surface area contributed by atoms with Crippen LogP contribution in [0, 0.1) is 17.7 Å². The summed E-state index contributed by atoms with van der Waals surface area (Å²) >= 11 is 12.5. The molecule has 2 fully saturated rings. The maximum Gasteiger partial charge on any atom is 0.246 e. The van der Waals surface area contributed by atoms with Crippen molar-refractivity contribution in [3.05, 3.63) is 99.7 Å². The fourth-order valence-corrected chi connectivity index (χ4v) is 8.78. The number of halogens is 5. The molecule has 2 N–H and O–H groups in total. The SMILES string of the molecule is C[C@H]1C(=O)C[C@@H](CO)C(=O)N[C@@]2(Cc3ccc(Cl)cc3)CCCN(C2)C(=O)[C@H](CC(C)(F)F)CC(=O)N1Cc1c(F)cc(Cl)cc1Oc1ccc(-c2cnc(CN(C)C)n2C)cc1. The zero-order valence-electron chi connectivity index (χ0n) is 36.0. The highest BCUT2D eigenvalue weighted by Gasteiger charge is 2.44. The number of ether oxygens (including phenoxy) is 1. The summed E-state index contributed by atoms with van der Waals surface area (Å²) in [4.78, 5) is 66.0. The number of aliphatic hydroxyl groups excluding tert-OH is 1. The second-order valence-corrected chi connectivity index (χ2v) is 18.1. The molecule has 0 spiro atoms. The van der Waals surface area contributed by atoms with Crippen molar-refractivity contribution in [1.82, 2.24) is 29.6 Å². The molecule has 63 heavy (non-hydrogen) atoms. The van der Waals surface area contributed by atoms with Gasteiger partial charge in [0.2, 0.25) is 23.6 Å². The summed E-state index contributed by atoms with van der Waals surface area (Å²) in [5.41, 5.74) is 1.18. The van der Waals surface area contributed by atoms with E-state index in [0.29, 0.717) is 31.3 Å². The van der Waals surface area contributed by atoms with E-state index in [1.54, 1.807) is 54.7 Å². The second kappa shape index (κ2) is 19.8. The van der Waals surface area contributed by atoms with Crippen molar-refractivity contribution in [2.24, 2.45) is 18.9 Å². The van der Waals surface area contributed by atoms with Crippen LogP contribution in [0.3, 0.4) is 0 Å². The third-order valence-corrected chi connectivity index (χ3v) is 12.2. The smallest absolute Gasteiger partial charge is 0.246 e. The maximum atomic E-state index is 16.1. The van der Waals surface area contributed by atoms with Crippen LogP contribution in [0.4, 0.5) is 13.2 Å². The molecule has 3 aromatic carbocycles. The largest absolute Gasteiger partial charge is 0.457 e. The van der Waals surface area contributed by atoms with Gasteiger partial charge in [-0.15, -0.1) is 0 Å². The van der Waals surface area contributed by atoms with Crippen LogP contribution in [0.1, 0.15) is 62.9 Å². The molecule has 3 heterocycles. The van der Waals surface area contributed by atoms with Gasteiger partial charge in [-0.1, -0.05) is 35.3 Å². The van der Waals surface area contributed by atoms with Crippen molar-refractivity contribution in [2.75, 3.05) is 33.8 Å². The number of carbonyl (C=O) groups is 4. The predicted molar refractivity (Wildman–Crippen MR) is 233 cm³/mol. The molecule has 2 bridgehead atoms. The summed E-state index contributed by atoms with van der Waals surface area (Å²) in [6, 6.07) is 14.9. The molecule has 12 nitrogen and oxygen atoms in total. The average Bonchev–Trinajstić information content (AvgIpc) is 3.57. The van der Waals surface area contributed by atoms with Gasteiger partial charge in [0.15, 0.2) is 5.78 Å². The fraction of sp³-hybridized carbons (Fsp3) is 0.457. The first-order valence-corrected chi connectivity index (χ1v) is 21.6. The molecule has 4 aromatic rings. The van der Waals surface area contributed by atoms with Crippen molar-refractivity contribution in [1.29, 1.82) is 0 Å². The van der Waals surface area contributed by atoms with Crippen molar-refractivity contribution in [3.63, 3.8) is 0 Å². The quantitative estimate of drug-likeness (QED) is 0.150. The summed E-state index contributed by atoms with van der Waals surface area (Å²) in [6.45, 7) is 1.45. The van der Waals surface area contributed by atoms with Crippen LogP contribution in [-0.2, 0) is 45.7 Å². The number of Topliss-reactive ketones (excluding diaryl/α,β-unsaturated/α-hetero) is 1. The van der Waals surface area contributed by atoms with Crippen molar-refractivity contribution >= 4 is 46.7 Å². The zero-order valence-corrected chi connectivity index (χ0v) is 37.5. The van der Waals surface area contributed by atoms with Gasteiger partial charge in [-0.3, -0.25) is 19.2 Å². The van der Waals surface area contributed by atoms with E-state index in [1.165, 1.54) is 17.9 Å². The number of imidazole rings is 1. The highest BCUT2D eigenvalue weighted by Crippen LogP contribution is 2.36. The lowest BCUT2D eigenvalue weighted by atomic mass is 9.81. The van der Waals surface area contributed by atoms with Crippen LogP contribution in [0.5, 0.6) is 11.5 Å². The van der Waals surface area contributed by atoms with Gasteiger partial charge in [0.05, 0.1) is 55.0 Å². The molecular formula is C46H53Cl2F3N6O6. The molecule has 0 aliphatic carbocycles. The Bertz CT molecular complexity index is 2300. The number of hydrogen-bond donors (Lipinski definition) is 2. The Labute approximate surface area is 375 Å². The molecule has 0 radical (unpaired) electrons. The number of alkyl halides is 2. The molecular weight excluding hydrogens is 860 g/mol. The monoisotopic (exact) mass is 912 g/mol. The van der Waals surface area contributed by atoms with Gasteiger partial charge in [-0.25, -0.2) is 18.2 Å². The highest BCUT2D eigenvalue weighted by molar-refractivity contribution is 6.31. The molecule has 2 aliphatic heterocycles. The fourth-order valence-electron chi connectivity index (χ4n) is 8.46. The Morgan fingerprint density at radius 3 is 2.35 bits per heavy atom. The van der Waals surface area contributed by atoms with Gasteiger partial charge < -0.3 is 34.4 Å². The topological polar surface area (TPSA) is 137 Å². The molecule has 3 amide bonds. The molecule has 0 unspecified atom stereocenters. The minimum absolute atomic E-state index is 0.0241. The third-order valence-electron chi connectivity index (χ3n) is 11.8. The van der Waals surface area contributed by atoms with E-state index in [0.717, 1.165) is 33.6 Å². The van der Waals surface area contributed by atoms with Gasteiger partial charge in [0, 0.05) is 60.6 Å². The van der Waals surface area contributed by atoms with E-state index in [4.69, 9.17) is 27.9 Å². The number of hydrogen-bond acceptors (Lipinski definition) is 8. The summed E-state index contributed by atoms with van der Waals surface area (Å²) in [5.74, 6) is -8.90. The molecule has 0 saturated carbocycles. The minimum atomic E-state index is -3.37. The van der Waals surface area contributed by atoms with Gasteiger partial charge in [-0.2, -0.15) is 0 Å². The lowest BCUT2D eigenvalue weighted by Gasteiger charge is -2.45. The average molecular weight is 914 g/mol. The van der Waals surface area contributed by atoms with Crippen LogP contribution >= 0.6 is 23.2 Å². The van der Waals surface area contributed by atoms with Gasteiger partial charge in [0.25, 0.3) is 0 Å². The maximum absolute atomic E-state index is 16.1. The Morgan fingerprint density at radius 2 is 1.70 bits per heavy atom. The standard InChI is InChI=1S/C46H53Cl2F3N6O6/c1-28-39(59)17-32(26-58)43(61)53-46(21-29-7-11-33(47)12-8-29)15-6-16-56(27-46)44(62)31(22-45(2,50)51)18-42(60)57(28)24-36-37(49)19-34(48)20-40(36)63-35-13-9-30(10-14-35)38-23-52-41(55(38)5)25-54(3)4/h7-14,19-20,23,28,31-32,58H,6,15-18,21-22,24-27H2,1-5H3,(H,53,61)/t28-,31-,32-,46+/m0/s1. The molecule has 1 aromatic heterocycles. The van der Waals surface area contributed by atoms with Gasteiger partial charge in [0.1, 0.15) is 23.1 Å². The lowest BCUT2D eigenvalue weighted by Crippen LogP contribution is -2.63. The number of carbonyl (C=O) groups excluding carboxylic acids is 4. The minimum Gasteiger partial charge on any atom is -0.457 e. The number of amides is 3. The third kappa shape index (κ3) is 11.8. The number of nitrogens with zero attached hydrogens (tertiary/aromatic N) is 5. The summed E-state index contributed by atoms with van der Waals surface area (Å²) < 4.78 is 54.1. The van der Waals surface area contributed by atoms with Crippen molar-refractivity contribution in [3.8, 4) is 22.8 Å². The van der Waals surface area contributed by atoms with E-state index < -0.39 is 91.1 Å². The van der Waals surface area contributed by atoms with E-state index >= 15 is 4.39 Å². The van der Waals surface area contributed by atoms with E-state index in [1.807, 2.05) is 30.6 Å². The van der Waals surface area contributed by atoms with Crippen LogP contribution in [0.15, 0.2) is 66.9 Å². The summed E-state index contributed by atoms with van der Waals surface area (Å²) in [7, 11) is 5.80.